The van der Waals surface area contributed by atoms with Crippen molar-refractivity contribution in [3.8, 4) is 11.5 Å². The van der Waals surface area contributed by atoms with Crippen LogP contribution in [0.2, 0.25) is 0 Å². The van der Waals surface area contributed by atoms with E-state index in [9.17, 15) is 14.4 Å². The zero-order valence-corrected chi connectivity index (χ0v) is 20.8. The van der Waals surface area contributed by atoms with Gasteiger partial charge < -0.3 is 15.1 Å². The average molecular weight is 498 g/mol. The van der Waals surface area contributed by atoms with Crippen LogP contribution >= 0.6 is 0 Å². The number of rotatable bonds is 6. The number of amides is 3. The summed E-state index contributed by atoms with van der Waals surface area (Å²) in [7, 11) is 0. The van der Waals surface area contributed by atoms with E-state index in [0.717, 1.165) is 11.1 Å². The lowest BCUT2D eigenvalue weighted by Gasteiger charge is -2.43. The summed E-state index contributed by atoms with van der Waals surface area (Å²) in [6, 6.07) is 19.9. The third-order valence-corrected chi connectivity index (χ3v) is 6.44. The number of carbonyl (C=O) groups excluding carboxylic acids is 3. The van der Waals surface area contributed by atoms with E-state index < -0.39 is 5.54 Å². The number of carbonyl (C=O) groups is 3. The van der Waals surface area contributed by atoms with Gasteiger partial charge >= 0.3 is 0 Å². The molecule has 9 heteroatoms. The van der Waals surface area contributed by atoms with Gasteiger partial charge in [-0.25, -0.2) is 0 Å². The molecule has 0 unspecified atom stereocenters. The van der Waals surface area contributed by atoms with Gasteiger partial charge in [0.25, 0.3) is 5.91 Å². The molecule has 0 radical (unpaired) electrons. The number of anilines is 2. The summed E-state index contributed by atoms with van der Waals surface area (Å²) >= 11 is 0. The number of nitrogens with one attached hydrogen (secondary N) is 2. The Balaban J connectivity index is 1.51. The van der Waals surface area contributed by atoms with Crippen molar-refractivity contribution in [2.75, 3.05) is 10.2 Å². The summed E-state index contributed by atoms with van der Waals surface area (Å²) in [5.74, 6) is -0.340. The van der Waals surface area contributed by atoms with Crippen LogP contribution in [0, 0.1) is 6.92 Å². The number of fused-ring (bicyclic) bond motifs is 1. The predicted molar refractivity (Wildman–Crippen MR) is 139 cm³/mol. The summed E-state index contributed by atoms with van der Waals surface area (Å²) in [5, 5.41) is 10.3. The third-order valence-electron chi connectivity index (χ3n) is 6.44. The summed E-state index contributed by atoms with van der Waals surface area (Å²) in [5.41, 5.74) is 2.79. The molecule has 2 N–H and O–H groups in total. The lowest BCUT2D eigenvalue weighted by atomic mass is 9.93. The quantitative estimate of drug-likeness (QED) is 0.416. The summed E-state index contributed by atoms with van der Waals surface area (Å²) in [4.78, 5) is 40.5. The maximum Gasteiger partial charge on any atom is 0.277 e. The van der Waals surface area contributed by atoms with Gasteiger partial charge in [0, 0.05) is 30.9 Å². The van der Waals surface area contributed by atoms with Crippen molar-refractivity contribution in [3.63, 3.8) is 0 Å². The number of nitrogens with zero attached hydrogens (tertiary/aromatic N) is 3. The molecule has 2 aromatic heterocycles. The Morgan fingerprint density at radius 1 is 1.08 bits per heavy atom. The first-order valence-corrected chi connectivity index (χ1v) is 11.9. The Hall–Kier alpha value is -4.66. The lowest BCUT2D eigenvalue weighted by Crippen LogP contribution is -2.64. The molecule has 3 heterocycles. The zero-order chi connectivity index (χ0) is 26.2. The molecule has 5 rings (SSSR count). The minimum absolute atomic E-state index is 0.141. The van der Waals surface area contributed by atoms with Crippen molar-refractivity contribution < 1.29 is 18.8 Å². The van der Waals surface area contributed by atoms with Crippen LogP contribution in [0.25, 0.3) is 11.5 Å². The highest BCUT2D eigenvalue weighted by atomic mass is 16.3. The molecule has 0 bridgehead atoms. The monoisotopic (exact) mass is 497 g/mol. The van der Waals surface area contributed by atoms with Gasteiger partial charge in [-0.05, 0) is 55.8 Å². The van der Waals surface area contributed by atoms with Gasteiger partial charge in [-0.15, -0.1) is 0 Å². The summed E-state index contributed by atoms with van der Waals surface area (Å²) < 4.78 is 7.03. The Bertz CT molecular complexity index is 1460. The van der Waals surface area contributed by atoms with Gasteiger partial charge in [0.2, 0.25) is 11.8 Å². The van der Waals surface area contributed by atoms with Crippen molar-refractivity contribution >= 4 is 29.1 Å². The van der Waals surface area contributed by atoms with Crippen LogP contribution in [0.15, 0.2) is 77.4 Å². The standard InChI is InChI=1S/C28H27N5O4/c1-18-6-8-20(9-7-18)16-29-27(36)28(3)17-32-24(15-23(31-32)25-5-4-14-37-25)26(35)33(28)22-12-10-21(11-13-22)30-19(2)34/h4-15H,16-17H2,1-3H3,(H,29,36)(H,30,34)/t28-/m0/s1. The second-order valence-electron chi connectivity index (χ2n) is 9.36. The number of hydrogen-bond acceptors (Lipinski definition) is 5. The molecule has 3 amide bonds. The minimum Gasteiger partial charge on any atom is -0.463 e. The normalized spacial score (nSPS) is 16.8. The van der Waals surface area contributed by atoms with E-state index in [2.05, 4.69) is 15.7 Å². The molecule has 1 aliphatic rings. The van der Waals surface area contributed by atoms with E-state index in [4.69, 9.17) is 4.42 Å². The van der Waals surface area contributed by atoms with E-state index in [1.807, 2.05) is 31.2 Å². The first-order chi connectivity index (χ1) is 17.7. The average Bonchev–Trinajstić information content (AvgIpc) is 3.54. The highest BCUT2D eigenvalue weighted by molar-refractivity contribution is 6.12. The van der Waals surface area contributed by atoms with Crippen molar-refractivity contribution in [2.24, 2.45) is 0 Å². The van der Waals surface area contributed by atoms with Gasteiger partial charge in [-0.2, -0.15) is 5.10 Å². The van der Waals surface area contributed by atoms with Crippen molar-refractivity contribution in [3.05, 3.63) is 89.8 Å². The molecule has 37 heavy (non-hydrogen) atoms. The summed E-state index contributed by atoms with van der Waals surface area (Å²) in [6.45, 7) is 5.62. The van der Waals surface area contributed by atoms with Gasteiger partial charge in [-0.3, -0.25) is 24.0 Å². The molecule has 188 valence electrons. The summed E-state index contributed by atoms with van der Waals surface area (Å²) in [6.07, 6.45) is 1.54. The molecule has 1 atom stereocenters. The van der Waals surface area contributed by atoms with Crippen molar-refractivity contribution in [2.45, 2.75) is 39.4 Å². The first-order valence-electron chi connectivity index (χ1n) is 11.9. The highest BCUT2D eigenvalue weighted by Gasteiger charge is 2.49. The number of aromatic nitrogens is 2. The molecule has 4 aromatic rings. The number of benzene rings is 2. The van der Waals surface area contributed by atoms with Crippen LogP contribution in [-0.2, 0) is 22.7 Å². The largest absolute Gasteiger partial charge is 0.463 e. The van der Waals surface area contributed by atoms with Crippen molar-refractivity contribution in [1.82, 2.24) is 15.1 Å². The smallest absolute Gasteiger partial charge is 0.277 e. The molecule has 1 aliphatic heterocycles. The van der Waals surface area contributed by atoms with E-state index >= 15 is 0 Å². The topological polar surface area (TPSA) is 109 Å². The Labute approximate surface area is 214 Å². The third kappa shape index (κ3) is 4.63. The fourth-order valence-corrected chi connectivity index (χ4v) is 4.51. The maximum absolute atomic E-state index is 13.9. The van der Waals surface area contributed by atoms with E-state index in [1.54, 1.807) is 60.3 Å². The second-order valence-corrected chi connectivity index (χ2v) is 9.36. The molecule has 0 spiro atoms. The van der Waals surface area contributed by atoms with Gasteiger partial charge in [0.05, 0.1) is 12.8 Å². The first kappa shape index (κ1) is 24.1. The molecule has 0 saturated heterocycles. The van der Waals surface area contributed by atoms with Crippen LogP contribution in [-0.4, -0.2) is 33.0 Å². The van der Waals surface area contributed by atoms with Gasteiger partial charge in [-0.1, -0.05) is 29.8 Å². The van der Waals surface area contributed by atoms with E-state index in [-0.39, 0.29) is 24.3 Å². The Kier molecular flexibility index (Phi) is 6.12. The van der Waals surface area contributed by atoms with Crippen LogP contribution in [0.3, 0.4) is 0 Å². The van der Waals surface area contributed by atoms with E-state index in [0.29, 0.717) is 35.1 Å². The van der Waals surface area contributed by atoms with Gasteiger partial charge in [0.15, 0.2) is 5.76 Å². The second kappa shape index (κ2) is 9.42. The molecule has 0 aliphatic carbocycles. The Morgan fingerprint density at radius 2 is 1.81 bits per heavy atom. The fourth-order valence-electron chi connectivity index (χ4n) is 4.51. The lowest BCUT2D eigenvalue weighted by molar-refractivity contribution is -0.126. The molecule has 2 aromatic carbocycles. The maximum atomic E-state index is 13.9. The highest BCUT2D eigenvalue weighted by Crippen LogP contribution is 2.35. The zero-order valence-electron chi connectivity index (χ0n) is 20.8. The van der Waals surface area contributed by atoms with Crippen molar-refractivity contribution in [1.29, 1.82) is 0 Å². The van der Waals surface area contributed by atoms with Gasteiger partial charge in [0.1, 0.15) is 16.9 Å². The fraction of sp³-hybridized carbons (Fsp3) is 0.214. The van der Waals surface area contributed by atoms with Crippen LogP contribution in [0.4, 0.5) is 11.4 Å². The number of aryl methyl sites for hydroxylation is 1. The van der Waals surface area contributed by atoms with E-state index in [1.165, 1.54) is 11.8 Å². The van der Waals surface area contributed by atoms with Crippen LogP contribution in [0.1, 0.15) is 35.5 Å². The minimum atomic E-state index is -1.28. The number of furan rings is 1. The predicted octanol–water partition coefficient (Wildman–Crippen LogP) is 4.15. The molecule has 9 nitrogen and oxygen atoms in total. The SMILES string of the molecule is CC(=O)Nc1ccc(N2C(=O)c3cc(-c4ccco4)nn3C[C@@]2(C)C(=O)NCc2ccc(C)cc2)cc1. The molecule has 0 saturated carbocycles. The Morgan fingerprint density at radius 3 is 2.46 bits per heavy atom. The van der Waals surface area contributed by atoms with Crippen LogP contribution in [0.5, 0.6) is 0 Å². The number of hydrogen-bond donors (Lipinski definition) is 2. The molecular formula is C28H27N5O4. The van der Waals surface area contributed by atoms with Crippen LogP contribution < -0.4 is 15.5 Å². The molecular weight excluding hydrogens is 470 g/mol. The molecule has 0 fully saturated rings.